The molecule has 0 aromatic heterocycles. The van der Waals surface area contributed by atoms with Gasteiger partial charge in [0.2, 0.25) is 5.91 Å². The lowest BCUT2D eigenvalue weighted by atomic mass is 10.0. The van der Waals surface area contributed by atoms with Gasteiger partial charge in [-0.25, -0.2) is 4.57 Å². The van der Waals surface area contributed by atoms with Crippen molar-refractivity contribution in [2.45, 2.75) is 231 Å². The van der Waals surface area contributed by atoms with Crippen LogP contribution in [0.1, 0.15) is 219 Å². The van der Waals surface area contributed by atoms with E-state index in [0.717, 1.165) is 51.4 Å². The Labute approximate surface area is 323 Å². The Morgan fingerprint density at radius 2 is 0.923 bits per heavy atom. The van der Waals surface area contributed by atoms with Gasteiger partial charge < -0.3 is 19.8 Å². The number of rotatable bonds is 41. The highest BCUT2D eigenvalue weighted by Crippen LogP contribution is 2.43. The van der Waals surface area contributed by atoms with Gasteiger partial charge in [0.25, 0.3) is 0 Å². The normalized spacial score (nSPS) is 14.4. The highest BCUT2D eigenvalue weighted by Gasteiger charge is 2.28. The van der Waals surface area contributed by atoms with Gasteiger partial charge in [-0.2, -0.15) is 0 Å². The molecule has 0 spiro atoms. The highest BCUT2D eigenvalue weighted by atomic mass is 31.2. The Morgan fingerprint density at radius 1 is 0.577 bits per heavy atom. The van der Waals surface area contributed by atoms with Crippen molar-refractivity contribution < 1.29 is 32.9 Å². The molecule has 0 aromatic rings. The van der Waals surface area contributed by atoms with E-state index in [2.05, 4.69) is 19.2 Å². The highest BCUT2D eigenvalue weighted by molar-refractivity contribution is 7.47. The third-order valence-electron chi connectivity index (χ3n) is 10.4. The molecule has 0 aliphatic rings. The molecule has 0 aromatic carbocycles. The Kier molecular flexibility index (Phi) is 35.8. The number of phosphoric ester groups is 1. The van der Waals surface area contributed by atoms with Crippen LogP contribution in [-0.2, 0) is 18.4 Å². The van der Waals surface area contributed by atoms with E-state index in [1.807, 2.05) is 21.1 Å². The van der Waals surface area contributed by atoms with Gasteiger partial charge in [0.15, 0.2) is 0 Å². The number of hydrogen-bond acceptors (Lipinski definition) is 5. The van der Waals surface area contributed by atoms with Crippen LogP contribution in [0.2, 0.25) is 0 Å². The second-order valence-electron chi connectivity index (χ2n) is 16.8. The zero-order valence-electron chi connectivity index (χ0n) is 35.3. The summed E-state index contributed by atoms with van der Waals surface area (Å²) in [4.78, 5) is 22.9. The van der Waals surface area contributed by atoms with E-state index in [9.17, 15) is 19.4 Å². The smallest absolute Gasteiger partial charge is 0.391 e. The molecule has 8 nitrogen and oxygen atoms in total. The van der Waals surface area contributed by atoms with E-state index in [0.29, 0.717) is 23.9 Å². The molecular weight excluding hydrogens is 671 g/mol. The third kappa shape index (κ3) is 37.8. The summed E-state index contributed by atoms with van der Waals surface area (Å²) in [6.07, 6.45) is 39.0. The van der Waals surface area contributed by atoms with E-state index in [-0.39, 0.29) is 19.1 Å². The number of carbonyl (C=O) groups is 1. The number of hydrogen-bond donors (Lipinski definition) is 3. The van der Waals surface area contributed by atoms with Crippen molar-refractivity contribution >= 4 is 13.7 Å². The van der Waals surface area contributed by atoms with Crippen molar-refractivity contribution in [2.24, 2.45) is 0 Å². The minimum Gasteiger partial charge on any atom is -0.391 e. The quantitative estimate of drug-likeness (QED) is 0.0325. The average molecular weight is 762 g/mol. The van der Waals surface area contributed by atoms with Crippen molar-refractivity contribution in [3.63, 3.8) is 0 Å². The van der Waals surface area contributed by atoms with Gasteiger partial charge in [-0.15, -0.1) is 0 Å². The minimum atomic E-state index is -4.29. The average Bonchev–Trinajstić information content (AvgIpc) is 3.09. The number of amides is 1. The second-order valence-corrected chi connectivity index (χ2v) is 18.2. The summed E-state index contributed by atoms with van der Waals surface area (Å²) in [5.41, 5.74) is 0. The Hall–Kier alpha value is -0.500. The molecule has 0 rings (SSSR count). The van der Waals surface area contributed by atoms with Gasteiger partial charge in [-0.3, -0.25) is 13.8 Å². The van der Waals surface area contributed by atoms with E-state index >= 15 is 0 Å². The maximum Gasteiger partial charge on any atom is 0.472 e. The number of nitrogens with zero attached hydrogens (tertiary/aromatic N) is 1. The predicted molar refractivity (Wildman–Crippen MR) is 222 cm³/mol. The van der Waals surface area contributed by atoms with Crippen LogP contribution in [-0.4, -0.2) is 73.4 Å². The molecule has 1 amide bonds. The first-order chi connectivity index (χ1) is 25.0. The van der Waals surface area contributed by atoms with Crippen LogP contribution in [0, 0.1) is 0 Å². The summed E-state index contributed by atoms with van der Waals surface area (Å²) < 4.78 is 23.4. The van der Waals surface area contributed by atoms with Crippen LogP contribution in [0.5, 0.6) is 0 Å². The first-order valence-electron chi connectivity index (χ1n) is 22.4. The third-order valence-corrected chi connectivity index (χ3v) is 11.3. The molecule has 0 aliphatic carbocycles. The molecule has 0 aliphatic heterocycles. The van der Waals surface area contributed by atoms with Crippen molar-refractivity contribution in [2.75, 3.05) is 40.9 Å². The van der Waals surface area contributed by atoms with Crippen molar-refractivity contribution in [3.05, 3.63) is 0 Å². The van der Waals surface area contributed by atoms with E-state index < -0.39 is 20.0 Å². The Morgan fingerprint density at radius 3 is 1.29 bits per heavy atom. The van der Waals surface area contributed by atoms with Crippen molar-refractivity contribution in [1.29, 1.82) is 0 Å². The van der Waals surface area contributed by atoms with Crippen molar-refractivity contribution in [3.8, 4) is 0 Å². The van der Waals surface area contributed by atoms with Crippen LogP contribution >= 0.6 is 7.82 Å². The first kappa shape index (κ1) is 51.5. The summed E-state index contributed by atoms with van der Waals surface area (Å²) >= 11 is 0. The maximum absolute atomic E-state index is 12.8. The van der Waals surface area contributed by atoms with Gasteiger partial charge in [0.05, 0.1) is 39.9 Å². The number of unbranched alkanes of at least 4 members (excludes halogenated alkanes) is 28. The summed E-state index contributed by atoms with van der Waals surface area (Å²) in [5, 5.41) is 13.7. The SMILES string of the molecule is CCCCCCCCCCCCCCCCCCCCCCCCCCCC(=O)NC(COP(=O)(O)OCC[N+](C)(C)C)C(O)CCCCCCC. The molecule has 0 bridgehead atoms. The molecule has 0 saturated heterocycles. The van der Waals surface area contributed by atoms with Gasteiger partial charge in [-0.1, -0.05) is 200 Å². The summed E-state index contributed by atoms with van der Waals surface area (Å²) in [7, 11) is 1.62. The van der Waals surface area contributed by atoms with Gasteiger partial charge >= 0.3 is 7.82 Å². The molecule has 0 saturated carbocycles. The van der Waals surface area contributed by atoms with Crippen LogP contribution in [0.4, 0.5) is 0 Å². The zero-order valence-corrected chi connectivity index (χ0v) is 36.2. The zero-order chi connectivity index (χ0) is 38.6. The van der Waals surface area contributed by atoms with Crippen LogP contribution < -0.4 is 5.32 Å². The number of phosphoric acid groups is 1. The lowest BCUT2D eigenvalue weighted by Gasteiger charge is -2.26. The standard InChI is InChI=1S/C43H89N2O6P/c1-6-8-10-12-13-14-15-16-17-18-19-20-21-22-23-24-25-26-27-28-29-30-31-33-35-37-43(47)44-41(42(46)36-34-32-11-9-7-2)40-51-52(48,49)50-39-38-45(3,4)5/h41-42,46H,6-40H2,1-5H3,(H-,44,47,48,49)/p+1. The predicted octanol–water partition coefficient (Wildman–Crippen LogP) is 12.2. The van der Waals surface area contributed by atoms with Crippen LogP contribution in [0.15, 0.2) is 0 Å². The van der Waals surface area contributed by atoms with Gasteiger partial charge in [0.1, 0.15) is 13.2 Å². The number of quaternary nitrogens is 1. The van der Waals surface area contributed by atoms with E-state index in [4.69, 9.17) is 9.05 Å². The molecular formula is C43H90N2O6P+. The van der Waals surface area contributed by atoms with E-state index in [1.54, 1.807) is 0 Å². The molecule has 0 radical (unpaired) electrons. The molecule has 0 fully saturated rings. The first-order valence-corrected chi connectivity index (χ1v) is 23.9. The summed E-state index contributed by atoms with van der Waals surface area (Å²) in [6.45, 7) is 4.82. The molecule has 3 atom stereocenters. The Balaban J connectivity index is 3.91. The summed E-state index contributed by atoms with van der Waals surface area (Å²) in [6, 6.07) is -0.750. The monoisotopic (exact) mass is 762 g/mol. The Bertz CT molecular complexity index is 824. The van der Waals surface area contributed by atoms with Crippen LogP contribution in [0.25, 0.3) is 0 Å². The molecule has 3 unspecified atom stereocenters. The number of aliphatic hydroxyl groups excluding tert-OH is 1. The number of nitrogens with one attached hydrogen (secondary N) is 1. The fraction of sp³-hybridized carbons (Fsp3) is 0.977. The molecule has 52 heavy (non-hydrogen) atoms. The molecule has 0 heterocycles. The maximum atomic E-state index is 12.8. The minimum absolute atomic E-state index is 0.0773. The van der Waals surface area contributed by atoms with E-state index in [1.165, 1.54) is 141 Å². The number of carbonyl (C=O) groups excluding carboxylic acids is 1. The lowest BCUT2D eigenvalue weighted by Crippen LogP contribution is -2.46. The van der Waals surface area contributed by atoms with Crippen LogP contribution in [0.3, 0.4) is 0 Å². The molecule has 9 heteroatoms. The molecule has 3 N–H and O–H groups in total. The fourth-order valence-electron chi connectivity index (χ4n) is 6.75. The molecule has 312 valence electrons. The fourth-order valence-corrected chi connectivity index (χ4v) is 7.49. The second kappa shape index (κ2) is 36.2. The van der Waals surface area contributed by atoms with Crippen molar-refractivity contribution in [1.82, 2.24) is 5.32 Å². The topological polar surface area (TPSA) is 105 Å². The number of likely N-dealkylation sites (N-methyl/N-ethyl adjacent to an activating group) is 1. The summed E-state index contributed by atoms with van der Waals surface area (Å²) in [5.74, 6) is -0.147. The lowest BCUT2D eigenvalue weighted by molar-refractivity contribution is -0.870. The largest absolute Gasteiger partial charge is 0.472 e. The van der Waals surface area contributed by atoms with Gasteiger partial charge in [0, 0.05) is 6.42 Å². The number of aliphatic hydroxyl groups is 1. The van der Waals surface area contributed by atoms with Gasteiger partial charge in [-0.05, 0) is 12.8 Å².